The number of halogens is 1. The molecule has 2 aromatic carbocycles. The number of aliphatic carboxylic acids is 1. The summed E-state index contributed by atoms with van der Waals surface area (Å²) in [6.07, 6.45) is -0.303. The molecule has 0 aliphatic rings. The molecular formula is C20H22FNO4. The van der Waals surface area contributed by atoms with Crippen molar-refractivity contribution in [3.63, 3.8) is 0 Å². The highest BCUT2D eigenvalue weighted by atomic mass is 19.1. The molecule has 0 aromatic heterocycles. The maximum atomic E-state index is 13.1. The third kappa shape index (κ3) is 5.88. The lowest BCUT2D eigenvalue weighted by Crippen LogP contribution is -2.30. The minimum atomic E-state index is -1.06. The van der Waals surface area contributed by atoms with Gasteiger partial charge in [0.05, 0.1) is 12.5 Å². The first kappa shape index (κ1) is 19.4. The van der Waals surface area contributed by atoms with E-state index in [2.05, 4.69) is 5.32 Å². The van der Waals surface area contributed by atoms with Crippen molar-refractivity contribution in [1.82, 2.24) is 5.32 Å². The molecule has 0 saturated heterocycles. The lowest BCUT2D eigenvalue weighted by molar-refractivity contribution is -0.137. The second-order valence-corrected chi connectivity index (χ2v) is 6.91. The molecule has 6 heteroatoms. The van der Waals surface area contributed by atoms with Crippen LogP contribution in [0.1, 0.15) is 49.2 Å². The van der Waals surface area contributed by atoms with Crippen molar-refractivity contribution in [1.29, 1.82) is 0 Å². The Kier molecular flexibility index (Phi) is 5.97. The molecule has 5 nitrogen and oxygen atoms in total. The van der Waals surface area contributed by atoms with Crippen LogP contribution in [0, 0.1) is 5.82 Å². The van der Waals surface area contributed by atoms with E-state index in [1.165, 1.54) is 24.3 Å². The monoisotopic (exact) mass is 359 g/mol. The number of carbonyl (C=O) groups is 2. The van der Waals surface area contributed by atoms with Crippen LogP contribution >= 0.6 is 0 Å². The van der Waals surface area contributed by atoms with Crippen LogP contribution in [0.3, 0.4) is 0 Å². The predicted octanol–water partition coefficient (Wildman–Crippen LogP) is 3.95. The number of carbonyl (C=O) groups excluding carboxylic acids is 1. The molecule has 0 bridgehead atoms. The smallest absolute Gasteiger partial charge is 0.305 e. The van der Waals surface area contributed by atoms with E-state index in [0.717, 1.165) is 0 Å². The number of carboxylic acid groups (broad SMARTS) is 1. The highest BCUT2D eigenvalue weighted by Gasteiger charge is 2.19. The molecule has 0 spiro atoms. The van der Waals surface area contributed by atoms with Gasteiger partial charge >= 0.3 is 5.97 Å². The quantitative estimate of drug-likeness (QED) is 0.819. The highest BCUT2D eigenvalue weighted by Crippen LogP contribution is 2.21. The van der Waals surface area contributed by atoms with Crippen molar-refractivity contribution < 1.29 is 23.8 Å². The number of rotatable bonds is 6. The fourth-order valence-corrected chi connectivity index (χ4v) is 2.39. The van der Waals surface area contributed by atoms with Gasteiger partial charge in [-0.25, -0.2) is 4.39 Å². The van der Waals surface area contributed by atoms with Crippen LogP contribution in [0.5, 0.6) is 5.75 Å². The van der Waals surface area contributed by atoms with Gasteiger partial charge in [0.1, 0.15) is 17.2 Å². The molecule has 1 unspecified atom stereocenters. The summed E-state index contributed by atoms with van der Waals surface area (Å²) in [6, 6.07) is 11.2. The first-order valence-corrected chi connectivity index (χ1v) is 8.21. The molecule has 1 amide bonds. The fraction of sp³-hybridized carbons (Fsp3) is 0.300. The summed E-state index contributed by atoms with van der Waals surface area (Å²) < 4.78 is 18.8. The third-order valence-corrected chi connectivity index (χ3v) is 3.50. The Morgan fingerprint density at radius 2 is 1.65 bits per heavy atom. The Morgan fingerprint density at radius 1 is 1.08 bits per heavy atom. The average Bonchev–Trinajstić information content (AvgIpc) is 2.53. The second kappa shape index (κ2) is 7.99. The first-order valence-electron chi connectivity index (χ1n) is 8.21. The van der Waals surface area contributed by atoms with Gasteiger partial charge in [-0.2, -0.15) is 0 Å². The Morgan fingerprint density at radius 3 is 2.15 bits per heavy atom. The zero-order valence-corrected chi connectivity index (χ0v) is 15.0. The summed E-state index contributed by atoms with van der Waals surface area (Å²) in [7, 11) is 0. The molecule has 0 radical (unpaired) electrons. The summed E-state index contributed by atoms with van der Waals surface area (Å²) in [5.41, 5.74) is 0.553. The van der Waals surface area contributed by atoms with Gasteiger partial charge in [0.2, 0.25) is 0 Å². The topological polar surface area (TPSA) is 75.6 Å². The van der Waals surface area contributed by atoms with Crippen LogP contribution in [-0.2, 0) is 4.79 Å². The van der Waals surface area contributed by atoms with Crippen molar-refractivity contribution in [2.75, 3.05) is 0 Å². The first-order chi connectivity index (χ1) is 12.1. The van der Waals surface area contributed by atoms with Crippen LogP contribution in [0.2, 0.25) is 0 Å². The van der Waals surface area contributed by atoms with E-state index in [-0.39, 0.29) is 12.0 Å². The van der Waals surface area contributed by atoms with E-state index in [9.17, 15) is 14.0 Å². The SMILES string of the molecule is CC(C)(C)Oc1ccc(C(=O)NC(CC(=O)O)c2ccc(F)cc2)cc1. The molecule has 2 aromatic rings. The molecule has 1 atom stereocenters. The molecule has 0 heterocycles. The predicted molar refractivity (Wildman–Crippen MR) is 95.7 cm³/mol. The third-order valence-electron chi connectivity index (χ3n) is 3.50. The fourth-order valence-electron chi connectivity index (χ4n) is 2.39. The molecule has 26 heavy (non-hydrogen) atoms. The number of benzene rings is 2. The Hall–Kier alpha value is -2.89. The molecular weight excluding hydrogens is 337 g/mol. The van der Waals surface area contributed by atoms with Gasteiger partial charge in [0, 0.05) is 5.56 Å². The van der Waals surface area contributed by atoms with Gasteiger partial charge in [0.25, 0.3) is 5.91 Å². The van der Waals surface area contributed by atoms with Crippen LogP contribution < -0.4 is 10.1 Å². The van der Waals surface area contributed by atoms with Crippen molar-refractivity contribution in [2.45, 2.75) is 38.8 Å². The van der Waals surface area contributed by atoms with Gasteiger partial charge in [-0.15, -0.1) is 0 Å². The summed E-state index contributed by atoms with van der Waals surface area (Å²) in [6.45, 7) is 5.77. The van der Waals surface area contributed by atoms with Crippen LogP contribution in [0.15, 0.2) is 48.5 Å². The van der Waals surface area contributed by atoms with Gasteiger partial charge in [-0.1, -0.05) is 12.1 Å². The lowest BCUT2D eigenvalue weighted by Gasteiger charge is -2.21. The minimum absolute atomic E-state index is 0.303. The Balaban J connectivity index is 2.13. The lowest BCUT2D eigenvalue weighted by atomic mass is 10.0. The summed E-state index contributed by atoms with van der Waals surface area (Å²) in [4.78, 5) is 23.6. The summed E-state index contributed by atoms with van der Waals surface area (Å²) >= 11 is 0. The molecule has 138 valence electrons. The maximum absolute atomic E-state index is 13.1. The van der Waals surface area contributed by atoms with Gasteiger partial charge < -0.3 is 15.2 Å². The van der Waals surface area contributed by atoms with Crippen molar-refractivity contribution in [3.8, 4) is 5.75 Å². The number of hydrogen-bond donors (Lipinski definition) is 2. The van der Waals surface area contributed by atoms with Crippen LogP contribution in [-0.4, -0.2) is 22.6 Å². The summed E-state index contributed by atoms with van der Waals surface area (Å²) in [5.74, 6) is -1.27. The van der Waals surface area contributed by atoms with Crippen LogP contribution in [0.25, 0.3) is 0 Å². The van der Waals surface area contributed by atoms with E-state index >= 15 is 0 Å². The number of carboxylic acids is 1. The molecule has 2 rings (SSSR count). The Labute approximate surface area is 151 Å². The number of hydrogen-bond acceptors (Lipinski definition) is 3. The molecule has 0 fully saturated rings. The zero-order chi connectivity index (χ0) is 19.3. The van der Waals surface area contributed by atoms with Crippen molar-refractivity contribution in [2.24, 2.45) is 0 Å². The molecule has 0 saturated carbocycles. The van der Waals surface area contributed by atoms with E-state index in [1.54, 1.807) is 24.3 Å². The van der Waals surface area contributed by atoms with E-state index in [4.69, 9.17) is 9.84 Å². The molecule has 0 aliphatic heterocycles. The summed E-state index contributed by atoms with van der Waals surface area (Å²) in [5, 5.41) is 11.8. The number of nitrogens with one attached hydrogen (secondary N) is 1. The second-order valence-electron chi connectivity index (χ2n) is 6.91. The van der Waals surface area contributed by atoms with E-state index in [0.29, 0.717) is 16.9 Å². The largest absolute Gasteiger partial charge is 0.488 e. The maximum Gasteiger partial charge on any atom is 0.305 e. The van der Waals surface area contributed by atoms with Crippen molar-refractivity contribution >= 4 is 11.9 Å². The Bertz CT molecular complexity index is 764. The highest BCUT2D eigenvalue weighted by molar-refractivity contribution is 5.94. The van der Waals surface area contributed by atoms with E-state index < -0.39 is 23.7 Å². The molecule has 0 aliphatic carbocycles. The molecule has 2 N–H and O–H groups in total. The number of amides is 1. The zero-order valence-electron chi connectivity index (χ0n) is 15.0. The number of ether oxygens (including phenoxy) is 1. The van der Waals surface area contributed by atoms with Gasteiger partial charge in [-0.05, 0) is 62.7 Å². The standard InChI is InChI=1S/C20H22FNO4/c1-20(2,3)26-16-10-6-14(7-11-16)19(25)22-17(12-18(23)24)13-4-8-15(21)9-5-13/h4-11,17H,12H2,1-3H3,(H,22,25)(H,23,24). The average molecular weight is 359 g/mol. The minimum Gasteiger partial charge on any atom is -0.488 e. The van der Waals surface area contributed by atoms with Crippen LogP contribution in [0.4, 0.5) is 4.39 Å². The van der Waals surface area contributed by atoms with Gasteiger partial charge in [0.15, 0.2) is 0 Å². The van der Waals surface area contributed by atoms with Gasteiger partial charge in [-0.3, -0.25) is 9.59 Å². The van der Waals surface area contributed by atoms with E-state index in [1.807, 2.05) is 20.8 Å². The normalized spacial score (nSPS) is 12.3. The van der Waals surface area contributed by atoms with Crippen molar-refractivity contribution in [3.05, 3.63) is 65.5 Å².